The van der Waals surface area contributed by atoms with E-state index < -0.39 is 5.92 Å². The standard InChI is InChI=1S/C21H24F2N4O2S/c22-21(23)5-6-27(8-21)10-1-3-11(4-2-10)29-19-17-16-13(30-20(17)26-9-25-19)7-12-14(16)15(12)18(24)28/h9-12,14-15H,1-8H2,(H2,24,28)/t10?,11?,12-,14+,15+/m1/s1. The largest absolute Gasteiger partial charge is 0.474 e. The lowest BCUT2D eigenvalue weighted by atomic mass is 9.92. The number of primary amides is 1. The van der Waals surface area contributed by atoms with E-state index in [0.717, 1.165) is 42.3 Å². The van der Waals surface area contributed by atoms with E-state index in [4.69, 9.17) is 10.5 Å². The van der Waals surface area contributed by atoms with Gasteiger partial charge in [0, 0.05) is 35.7 Å². The summed E-state index contributed by atoms with van der Waals surface area (Å²) >= 11 is 1.67. The first kappa shape index (κ1) is 18.9. The van der Waals surface area contributed by atoms with Crippen molar-refractivity contribution in [3.8, 4) is 5.88 Å². The number of aromatic nitrogens is 2. The summed E-state index contributed by atoms with van der Waals surface area (Å²) in [5.74, 6) is -1.72. The van der Waals surface area contributed by atoms with Gasteiger partial charge in [0.2, 0.25) is 11.8 Å². The van der Waals surface area contributed by atoms with Crippen LogP contribution in [0, 0.1) is 11.8 Å². The molecule has 0 spiro atoms. The second-order valence-electron chi connectivity index (χ2n) is 9.24. The summed E-state index contributed by atoms with van der Waals surface area (Å²) in [5.41, 5.74) is 6.75. The lowest BCUT2D eigenvalue weighted by molar-refractivity contribution is -0.119. The van der Waals surface area contributed by atoms with E-state index in [1.165, 1.54) is 16.8 Å². The van der Waals surface area contributed by atoms with Gasteiger partial charge in [-0.25, -0.2) is 18.7 Å². The lowest BCUT2D eigenvalue weighted by Gasteiger charge is -2.34. The first-order chi connectivity index (χ1) is 14.4. The molecule has 6 rings (SSSR count). The molecule has 4 aliphatic rings. The molecule has 1 saturated heterocycles. The van der Waals surface area contributed by atoms with Gasteiger partial charge in [-0.3, -0.25) is 9.69 Å². The van der Waals surface area contributed by atoms with Gasteiger partial charge in [0.15, 0.2) is 0 Å². The van der Waals surface area contributed by atoms with Crippen molar-refractivity contribution in [1.29, 1.82) is 0 Å². The first-order valence-corrected chi connectivity index (χ1v) is 11.6. The molecule has 3 atom stereocenters. The molecule has 3 heterocycles. The highest BCUT2D eigenvalue weighted by atomic mass is 32.1. The number of carbonyl (C=O) groups excluding carboxylic acids is 1. The van der Waals surface area contributed by atoms with Crippen LogP contribution in [0.2, 0.25) is 0 Å². The molecular weight excluding hydrogens is 410 g/mol. The van der Waals surface area contributed by atoms with Crippen LogP contribution < -0.4 is 10.5 Å². The number of nitrogens with zero attached hydrogens (tertiary/aromatic N) is 3. The van der Waals surface area contributed by atoms with Crippen LogP contribution in [0.15, 0.2) is 6.33 Å². The van der Waals surface area contributed by atoms with Gasteiger partial charge >= 0.3 is 0 Å². The molecule has 160 valence electrons. The van der Waals surface area contributed by atoms with E-state index in [2.05, 4.69) is 9.97 Å². The zero-order valence-corrected chi connectivity index (χ0v) is 17.3. The summed E-state index contributed by atoms with van der Waals surface area (Å²) in [7, 11) is 0. The summed E-state index contributed by atoms with van der Waals surface area (Å²) in [6, 6.07) is 0.220. The number of carbonyl (C=O) groups is 1. The molecule has 9 heteroatoms. The normalized spacial score (nSPS) is 34.7. The van der Waals surface area contributed by atoms with Crippen LogP contribution in [-0.2, 0) is 11.2 Å². The van der Waals surface area contributed by atoms with Crippen molar-refractivity contribution in [1.82, 2.24) is 14.9 Å². The minimum absolute atomic E-state index is 0.0277. The van der Waals surface area contributed by atoms with Crippen LogP contribution >= 0.6 is 11.3 Å². The maximum atomic E-state index is 13.5. The van der Waals surface area contributed by atoms with Gasteiger partial charge in [0.05, 0.1) is 11.9 Å². The Hall–Kier alpha value is -1.87. The Morgan fingerprint density at radius 2 is 2.07 bits per heavy atom. The Labute approximate surface area is 176 Å². The van der Waals surface area contributed by atoms with E-state index in [1.807, 2.05) is 4.90 Å². The second kappa shape index (κ2) is 6.56. The molecule has 0 bridgehead atoms. The molecule has 2 aromatic rings. The Morgan fingerprint density at radius 1 is 1.27 bits per heavy atom. The molecule has 1 amide bonds. The minimum Gasteiger partial charge on any atom is -0.474 e. The third-order valence-electron chi connectivity index (χ3n) is 7.46. The molecule has 1 aliphatic heterocycles. The van der Waals surface area contributed by atoms with Crippen LogP contribution in [-0.4, -0.2) is 51.9 Å². The predicted octanol–water partition coefficient (Wildman–Crippen LogP) is 3.09. The number of thiophene rings is 1. The topological polar surface area (TPSA) is 81.3 Å². The molecule has 0 aromatic carbocycles. The number of ether oxygens (including phenoxy) is 1. The molecule has 2 saturated carbocycles. The highest BCUT2D eigenvalue weighted by Gasteiger charge is 2.60. The Kier molecular flexibility index (Phi) is 4.13. The molecule has 30 heavy (non-hydrogen) atoms. The number of hydrogen-bond donors (Lipinski definition) is 1. The molecule has 3 fully saturated rings. The van der Waals surface area contributed by atoms with Crippen LogP contribution in [0.3, 0.4) is 0 Å². The lowest BCUT2D eigenvalue weighted by Crippen LogP contribution is -2.40. The van der Waals surface area contributed by atoms with E-state index in [-0.39, 0.29) is 42.9 Å². The number of halogens is 2. The fraction of sp³-hybridized carbons (Fsp3) is 0.667. The fourth-order valence-electron chi connectivity index (χ4n) is 5.95. The summed E-state index contributed by atoms with van der Waals surface area (Å²) in [5, 5.41) is 0.954. The molecule has 2 aromatic heterocycles. The highest BCUT2D eigenvalue weighted by Crippen LogP contribution is 2.65. The van der Waals surface area contributed by atoms with Gasteiger partial charge in [0.1, 0.15) is 17.3 Å². The van der Waals surface area contributed by atoms with Crippen molar-refractivity contribution in [2.24, 2.45) is 17.6 Å². The number of fused-ring (bicyclic) bond motifs is 5. The number of rotatable bonds is 4. The van der Waals surface area contributed by atoms with Gasteiger partial charge in [-0.1, -0.05) is 0 Å². The molecule has 3 aliphatic carbocycles. The van der Waals surface area contributed by atoms with Crippen molar-refractivity contribution in [2.45, 2.75) is 62.5 Å². The first-order valence-electron chi connectivity index (χ1n) is 10.8. The Morgan fingerprint density at radius 3 is 2.77 bits per heavy atom. The summed E-state index contributed by atoms with van der Waals surface area (Å²) in [6.07, 6.45) is 5.83. The van der Waals surface area contributed by atoms with E-state index in [1.54, 1.807) is 11.3 Å². The van der Waals surface area contributed by atoms with Gasteiger partial charge < -0.3 is 10.5 Å². The molecular formula is C21H24F2N4O2S. The minimum atomic E-state index is -2.54. The quantitative estimate of drug-likeness (QED) is 0.800. The Balaban J connectivity index is 1.18. The SMILES string of the molecule is NC(=O)[C@H]1[C@@H]2Cc3sc4ncnc(OC5CCC(N6CCC(F)(F)C6)CC5)c4c3[C@@H]21. The van der Waals surface area contributed by atoms with Gasteiger partial charge in [-0.2, -0.15) is 0 Å². The van der Waals surface area contributed by atoms with Crippen molar-refractivity contribution in [2.75, 3.05) is 13.1 Å². The molecule has 0 radical (unpaired) electrons. The monoisotopic (exact) mass is 434 g/mol. The number of nitrogens with two attached hydrogens (primary N) is 1. The van der Waals surface area contributed by atoms with Crippen molar-refractivity contribution in [3.05, 3.63) is 16.8 Å². The summed E-state index contributed by atoms with van der Waals surface area (Å²) < 4.78 is 33.4. The zero-order chi connectivity index (χ0) is 20.6. The van der Waals surface area contributed by atoms with E-state index in [0.29, 0.717) is 18.3 Å². The Bertz CT molecular complexity index is 1020. The van der Waals surface area contributed by atoms with E-state index >= 15 is 0 Å². The van der Waals surface area contributed by atoms with E-state index in [9.17, 15) is 13.6 Å². The maximum Gasteiger partial charge on any atom is 0.261 e. The fourth-order valence-corrected chi connectivity index (χ4v) is 7.21. The summed E-state index contributed by atoms with van der Waals surface area (Å²) in [4.78, 5) is 24.7. The number of likely N-dealkylation sites (tertiary alicyclic amines) is 1. The van der Waals surface area contributed by atoms with Gasteiger partial charge in [-0.05, 0) is 43.6 Å². The number of hydrogen-bond acceptors (Lipinski definition) is 6. The zero-order valence-electron chi connectivity index (χ0n) is 16.5. The second-order valence-corrected chi connectivity index (χ2v) is 10.3. The van der Waals surface area contributed by atoms with Crippen LogP contribution in [0.4, 0.5) is 8.78 Å². The number of alkyl halides is 2. The van der Waals surface area contributed by atoms with Gasteiger partial charge in [0.25, 0.3) is 5.92 Å². The highest BCUT2D eigenvalue weighted by molar-refractivity contribution is 7.19. The maximum absolute atomic E-state index is 13.5. The third kappa shape index (κ3) is 2.92. The van der Waals surface area contributed by atoms with Crippen LogP contribution in [0.5, 0.6) is 5.88 Å². The van der Waals surface area contributed by atoms with Crippen molar-refractivity contribution < 1.29 is 18.3 Å². The molecule has 0 unspecified atom stereocenters. The van der Waals surface area contributed by atoms with Crippen molar-refractivity contribution in [3.63, 3.8) is 0 Å². The van der Waals surface area contributed by atoms with Crippen LogP contribution in [0.1, 0.15) is 48.5 Å². The summed E-state index contributed by atoms with van der Waals surface area (Å²) in [6.45, 7) is 0.376. The molecule has 2 N–H and O–H groups in total. The smallest absolute Gasteiger partial charge is 0.261 e. The average Bonchev–Trinajstić information content (AvgIpc) is 2.98. The average molecular weight is 435 g/mol. The predicted molar refractivity (Wildman–Crippen MR) is 108 cm³/mol. The molecule has 6 nitrogen and oxygen atoms in total. The van der Waals surface area contributed by atoms with Gasteiger partial charge in [-0.15, -0.1) is 11.3 Å². The van der Waals surface area contributed by atoms with Crippen LogP contribution in [0.25, 0.3) is 10.2 Å². The van der Waals surface area contributed by atoms with Crippen molar-refractivity contribution >= 4 is 27.5 Å². The number of amides is 1. The third-order valence-corrected chi connectivity index (χ3v) is 8.59.